The van der Waals surface area contributed by atoms with Crippen LogP contribution >= 0.6 is 0 Å². The molecule has 20 heavy (non-hydrogen) atoms. The molecule has 0 aliphatic carbocycles. The van der Waals surface area contributed by atoms with Crippen molar-refractivity contribution in [1.82, 2.24) is 14.3 Å². The van der Waals surface area contributed by atoms with Crippen LogP contribution in [0.4, 0.5) is 0 Å². The number of nitrogens with one attached hydrogen (secondary N) is 1. The average molecular weight is 303 g/mol. The molecule has 1 atom stereocenters. The average Bonchev–Trinajstić information content (AvgIpc) is 2.72. The Bertz CT molecular complexity index is 565. The van der Waals surface area contributed by atoms with Crippen LogP contribution in [-0.2, 0) is 21.4 Å². The minimum Gasteiger partial charge on any atom is -0.481 e. The monoisotopic (exact) mass is 303 g/mol. The predicted molar refractivity (Wildman–Crippen MR) is 73.9 cm³/mol. The van der Waals surface area contributed by atoms with E-state index in [9.17, 15) is 13.2 Å². The Kier molecular flexibility index (Phi) is 5.70. The summed E-state index contributed by atoms with van der Waals surface area (Å²) in [5, 5.41) is 8.71. The second kappa shape index (κ2) is 6.85. The van der Waals surface area contributed by atoms with Crippen molar-refractivity contribution in [1.29, 1.82) is 0 Å². The molecule has 1 aromatic rings. The highest BCUT2D eigenvalue weighted by molar-refractivity contribution is 7.89. The van der Waals surface area contributed by atoms with Crippen LogP contribution in [0.3, 0.4) is 0 Å². The molecular formula is C12H21N3O4S. The van der Waals surface area contributed by atoms with Crippen LogP contribution in [0, 0.1) is 12.8 Å². The van der Waals surface area contributed by atoms with Gasteiger partial charge in [-0.1, -0.05) is 13.8 Å². The Morgan fingerprint density at radius 2 is 2.20 bits per heavy atom. The number of imidazole rings is 1. The molecule has 1 aromatic heterocycles. The third-order valence-corrected chi connectivity index (χ3v) is 4.32. The first-order chi connectivity index (χ1) is 9.27. The third-order valence-electron chi connectivity index (χ3n) is 2.98. The highest BCUT2D eigenvalue weighted by Crippen LogP contribution is 2.10. The smallest absolute Gasteiger partial charge is 0.306 e. The van der Waals surface area contributed by atoms with Gasteiger partial charge in [0.15, 0.2) is 5.03 Å². The van der Waals surface area contributed by atoms with Crippen molar-refractivity contribution in [2.45, 2.75) is 45.2 Å². The van der Waals surface area contributed by atoms with Gasteiger partial charge in [0.1, 0.15) is 5.82 Å². The highest BCUT2D eigenvalue weighted by Gasteiger charge is 2.19. The molecule has 1 rings (SSSR count). The summed E-state index contributed by atoms with van der Waals surface area (Å²) in [7, 11) is -3.68. The van der Waals surface area contributed by atoms with E-state index < -0.39 is 21.9 Å². The number of carboxylic acid groups (broad SMARTS) is 1. The molecule has 0 fully saturated rings. The number of aromatic nitrogens is 2. The fourth-order valence-corrected chi connectivity index (χ4v) is 2.74. The number of aryl methyl sites for hydroxylation is 2. The second-order valence-electron chi connectivity index (χ2n) is 4.75. The van der Waals surface area contributed by atoms with E-state index in [1.165, 1.54) is 13.1 Å². The molecule has 0 radical (unpaired) electrons. The van der Waals surface area contributed by atoms with Gasteiger partial charge in [-0.3, -0.25) is 4.79 Å². The molecule has 0 saturated heterocycles. The van der Waals surface area contributed by atoms with Gasteiger partial charge in [0.2, 0.25) is 0 Å². The molecule has 114 valence electrons. The zero-order valence-corrected chi connectivity index (χ0v) is 12.8. The number of carbonyl (C=O) groups is 1. The first-order valence-corrected chi connectivity index (χ1v) is 8.02. The standard InChI is InChI=1S/C12H21N3O4S/c1-4-7-15-8-11(14-10(15)3)20(18,19)13-6-5-9(2)12(16)17/h8-9,13H,4-7H2,1-3H3,(H,16,17). The topological polar surface area (TPSA) is 101 Å². The van der Waals surface area contributed by atoms with Crippen molar-refractivity contribution in [2.24, 2.45) is 5.92 Å². The normalized spacial score (nSPS) is 13.3. The van der Waals surface area contributed by atoms with Crippen LogP contribution in [-0.4, -0.2) is 35.6 Å². The summed E-state index contributed by atoms with van der Waals surface area (Å²) in [4.78, 5) is 14.7. The second-order valence-corrected chi connectivity index (χ2v) is 6.46. The number of sulfonamides is 1. The van der Waals surface area contributed by atoms with E-state index in [0.717, 1.165) is 6.42 Å². The number of aliphatic carboxylic acids is 1. The maximum Gasteiger partial charge on any atom is 0.306 e. The van der Waals surface area contributed by atoms with Crippen molar-refractivity contribution in [3.05, 3.63) is 12.0 Å². The van der Waals surface area contributed by atoms with Gasteiger partial charge in [-0.05, 0) is 19.8 Å². The highest BCUT2D eigenvalue weighted by atomic mass is 32.2. The van der Waals surface area contributed by atoms with Crippen molar-refractivity contribution in [3.63, 3.8) is 0 Å². The Morgan fingerprint density at radius 3 is 2.75 bits per heavy atom. The minimum atomic E-state index is -3.68. The number of rotatable bonds is 8. The number of hydrogen-bond acceptors (Lipinski definition) is 4. The molecule has 0 aliphatic rings. The minimum absolute atomic E-state index is 0.0218. The number of hydrogen-bond donors (Lipinski definition) is 2. The summed E-state index contributed by atoms with van der Waals surface area (Å²) >= 11 is 0. The van der Waals surface area contributed by atoms with Gasteiger partial charge in [-0.25, -0.2) is 18.1 Å². The predicted octanol–water partition coefficient (Wildman–Crippen LogP) is 0.991. The van der Waals surface area contributed by atoms with E-state index in [4.69, 9.17) is 5.11 Å². The van der Waals surface area contributed by atoms with Crippen LogP contribution in [0.15, 0.2) is 11.2 Å². The van der Waals surface area contributed by atoms with E-state index in [2.05, 4.69) is 9.71 Å². The first-order valence-electron chi connectivity index (χ1n) is 6.54. The largest absolute Gasteiger partial charge is 0.481 e. The molecule has 0 amide bonds. The molecule has 0 aliphatic heterocycles. The number of nitrogens with zero attached hydrogens (tertiary/aromatic N) is 2. The molecule has 1 unspecified atom stereocenters. The fraction of sp³-hybridized carbons (Fsp3) is 0.667. The van der Waals surface area contributed by atoms with Crippen LogP contribution in [0.25, 0.3) is 0 Å². The fourth-order valence-electron chi connectivity index (χ4n) is 1.68. The van der Waals surface area contributed by atoms with Crippen molar-refractivity contribution >= 4 is 16.0 Å². The lowest BCUT2D eigenvalue weighted by molar-refractivity contribution is -0.141. The SMILES string of the molecule is CCCn1cc(S(=O)(=O)NCCC(C)C(=O)O)nc1C. The maximum absolute atomic E-state index is 12.0. The Labute approximate surface area is 119 Å². The quantitative estimate of drug-likeness (QED) is 0.745. The van der Waals surface area contributed by atoms with E-state index in [1.54, 1.807) is 11.5 Å². The summed E-state index contributed by atoms with van der Waals surface area (Å²) in [5.41, 5.74) is 0. The van der Waals surface area contributed by atoms with Gasteiger partial charge >= 0.3 is 5.97 Å². The lowest BCUT2D eigenvalue weighted by Crippen LogP contribution is -2.27. The van der Waals surface area contributed by atoms with Crippen LogP contribution < -0.4 is 4.72 Å². The van der Waals surface area contributed by atoms with Gasteiger partial charge in [-0.15, -0.1) is 0 Å². The summed E-state index contributed by atoms with van der Waals surface area (Å²) in [6.45, 7) is 6.08. The van der Waals surface area contributed by atoms with Crippen LogP contribution in [0.5, 0.6) is 0 Å². The van der Waals surface area contributed by atoms with E-state index >= 15 is 0 Å². The zero-order valence-electron chi connectivity index (χ0n) is 12.0. The molecule has 1 heterocycles. The molecule has 0 bridgehead atoms. The zero-order chi connectivity index (χ0) is 15.3. The molecule has 8 heteroatoms. The van der Waals surface area contributed by atoms with Crippen LogP contribution in [0.1, 0.15) is 32.5 Å². The lowest BCUT2D eigenvalue weighted by atomic mass is 10.1. The summed E-state index contributed by atoms with van der Waals surface area (Å²) in [6.07, 6.45) is 2.63. The van der Waals surface area contributed by atoms with Gasteiger partial charge in [0.25, 0.3) is 10.0 Å². The van der Waals surface area contributed by atoms with E-state index in [-0.39, 0.29) is 18.0 Å². The summed E-state index contributed by atoms with van der Waals surface area (Å²) in [5.74, 6) is -0.879. The van der Waals surface area contributed by atoms with Gasteiger partial charge in [-0.2, -0.15) is 0 Å². The third kappa shape index (κ3) is 4.31. The molecule has 0 aromatic carbocycles. The lowest BCUT2D eigenvalue weighted by Gasteiger charge is -2.07. The maximum atomic E-state index is 12.0. The van der Waals surface area contributed by atoms with Crippen molar-refractivity contribution in [2.75, 3.05) is 6.54 Å². The molecule has 2 N–H and O–H groups in total. The van der Waals surface area contributed by atoms with E-state index in [1.807, 2.05) is 6.92 Å². The van der Waals surface area contributed by atoms with Crippen molar-refractivity contribution < 1.29 is 18.3 Å². The summed E-state index contributed by atoms with van der Waals surface area (Å²) in [6, 6.07) is 0. The molecule has 0 spiro atoms. The van der Waals surface area contributed by atoms with E-state index in [0.29, 0.717) is 12.4 Å². The van der Waals surface area contributed by atoms with Gasteiger partial charge < -0.3 is 9.67 Å². The molecule has 0 saturated carbocycles. The van der Waals surface area contributed by atoms with Crippen molar-refractivity contribution in [3.8, 4) is 0 Å². The Morgan fingerprint density at radius 1 is 1.55 bits per heavy atom. The molecular weight excluding hydrogens is 282 g/mol. The Balaban J connectivity index is 2.69. The van der Waals surface area contributed by atoms with Crippen LogP contribution in [0.2, 0.25) is 0 Å². The van der Waals surface area contributed by atoms with Gasteiger partial charge in [0.05, 0.1) is 5.92 Å². The van der Waals surface area contributed by atoms with Gasteiger partial charge in [0, 0.05) is 19.3 Å². The Hall–Kier alpha value is -1.41. The number of carboxylic acids is 1. The summed E-state index contributed by atoms with van der Waals surface area (Å²) < 4.78 is 28.2. The first kappa shape index (κ1) is 16.6. The molecule has 7 nitrogen and oxygen atoms in total.